The molecule has 1 aliphatic carbocycles. The topological polar surface area (TPSA) is 112 Å². The third-order valence-corrected chi connectivity index (χ3v) is 7.61. The number of carbonyl (C=O) groups is 1. The SMILES string of the molecule is COc1ccc2c(c1)-c1cc(=O)c(C(=O)O)cn1C1(OS(=O)(=O)C(F)(F)F)C2CCC1(C)C. The van der Waals surface area contributed by atoms with Crippen LogP contribution in [0.3, 0.4) is 0 Å². The molecule has 1 aromatic heterocycles. The van der Waals surface area contributed by atoms with Crippen LogP contribution in [0, 0.1) is 5.41 Å². The minimum absolute atomic E-state index is 0.0301. The molecule has 0 saturated heterocycles. The fourth-order valence-electron chi connectivity index (χ4n) is 5.00. The Morgan fingerprint density at radius 3 is 2.48 bits per heavy atom. The normalized spacial score (nSPS) is 23.4. The Hall–Kier alpha value is -2.86. The van der Waals surface area contributed by atoms with Crippen molar-refractivity contribution in [1.82, 2.24) is 4.57 Å². The molecule has 0 bridgehead atoms. The van der Waals surface area contributed by atoms with Crippen molar-refractivity contribution in [2.45, 2.75) is 43.8 Å². The van der Waals surface area contributed by atoms with E-state index in [2.05, 4.69) is 0 Å². The van der Waals surface area contributed by atoms with E-state index in [-0.39, 0.29) is 18.5 Å². The number of halogens is 3. The van der Waals surface area contributed by atoms with Gasteiger partial charge in [-0.25, -0.2) is 8.98 Å². The zero-order valence-electron chi connectivity index (χ0n) is 17.8. The maximum absolute atomic E-state index is 13.5. The molecular formula is C21H20F3NO7S. The van der Waals surface area contributed by atoms with E-state index in [4.69, 9.17) is 8.92 Å². The van der Waals surface area contributed by atoms with E-state index in [1.165, 1.54) is 7.11 Å². The quantitative estimate of drug-likeness (QED) is 0.517. The zero-order valence-corrected chi connectivity index (χ0v) is 18.6. The molecule has 2 aromatic rings. The minimum atomic E-state index is -6.10. The largest absolute Gasteiger partial charge is 0.523 e. The molecule has 1 saturated carbocycles. The maximum atomic E-state index is 13.5. The minimum Gasteiger partial charge on any atom is -0.497 e. The number of rotatable bonds is 4. The number of methoxy groups -OCH3 is 1. The van der Waals surface area contributed by atoms with Crippen LogP contribution in [-0.4, -0.2) is 36.7 Å². The number of carboxylic acids is 1. The Labute approximate surface area is 186 Å². The molecule has 1 aliphatic heterocycles. The number of benzene rings is 1. The first kappa shape index (κ1) is 23.3. The molecule has 8 nitrogen and oxygen atoms in total. The monoisotopic (exact) mass is 487 g/mol. The number of aromatic carboxylic acids is 1. The van der Waals surface area contributed by atoms with Gasteiger partial charge < -0.3 is 14.4 Å². The highest BCUT2D eigenvalue weighted by Crippen LogP contribution is 2.64. The van der Waals surface area contributed by atoms with Gasteiger partial charge in [-0.05, 0) is 30.5 Å². The number of pyridine rings is 1. The lowest BCUT2D eigenvalue weighted by molar-refractivity contribution is -0.124. The Bertz CT molecular complexity index is 1330. The summed E-state index contributed by atoms with van der Waals surface area (Å²) >= 11 is 0. The van der Waals surface area contributed by atoms with Crippen LogP contribution < -0.4 is 10.2 Å². The van der Waals surface area contributed by atoms with E-state index in [1.807, 2.05) is 0 Å². The molecule has 12 heteroatoms. The first-order valence-corrected chi connectivity index (χ1v) is 11.3. The summed E-state index contributed by atoms with van der Waals surface area (Å²) in [6, 6.07) is 5.70. The maximum Gasteiger partial charge on any atom is 0.523 e. The van der Waals surface area contributed by atoms with Gasteiger partial charge in [0.05, 0.1) is 12.8 Å². The van der Waals surface area contributed by atoms with Crippen molar-refractivity contribution in [3.05, 3.63) is 51.8 Å². The molecule has 1 aromatic carbocycles. The van der Waals surface area contributed by atoms with E-state index in [9.17, 15) is 36.3 Å². The van der Waals surface area contributed by atoms with Crippen molar-refractivity contribution < 1.29 is 40.4 Å². The van der Waals surface area contributed by atoms with Gasteiger partial charge in [-0.15, -0.1) is 0 Å². The number of ether oxygens (including phenoxy) is 1. The van der Waals surface area contributed by atoms with Gasteiger partial charge in [0, 0.05) is 29.2 Å². The van der Waals surface area contributed by atoms with E-state index in [1.54, 1.807) is 32.0 Å². The smallest absolute Gasteiger partial charge is 0.497 e. The lowest BCUT2D eigenvalue weighted by Crippen LogP contribution is -2.54. The highest BCUT2D eigenvalue weighted by Gasteiger charge is 2.66. The fraction of sp³-hybridized carbons (Fsp3) is 0.429. The van der Waals surface area contributed by atoms with Crippen LogP contribution in [0.5, 0.6) is 5.75 Å². The summed E-state index contributed by atoms with van der Waals surface area (Å²) < 4.78 is 76.3. The molecule has 0 spiro atoms. The second-order valence-electron chi connectivity index (χ2n) is 8.72. The average molecular weight is 487 g/mol. The Kier molecular flexibility index (Phi) is 4.99. The number of fused-ring (bicyclic) bond motifs is 6. The number of hydrogen-bond acceptors (Lipinski definition) is 6. The molecule has 2 aliphatic rings. The molecule has 178 valence electrons. The summed E-state index contributed by atoms with van der Waals surface area (Å²) in [5.74, 6) is -2.10. The van der Waals surface area contributed by atoms with Gasteiger partial charge in [0.1, 0.15) is 11.3 Å². The van der Waals surface area contributed by atoms with Crippen molar-refractivity contribution in [3.63, 3.8) is 0 Å². The van der Waals surface area contributed by atoms with Crippen molar-refractivity contribution in [3.8, 4) is 17.0 Å². The third kappa shape index (κ3) is 3.18. The van der Waals surface area contributed by atoms with Gasteiger partial charge in [0.25, 0.3) is 0 Å². The summed E-state index contributed by atoms with van der Waals surface area (Å²) in [7, 11) is -4.69. The van der Waals surface area contributed by atoms with Crippen LogP contribution in [0.1, 0.15) is 48.5 Å². The van der Waals surface area contributed by atoms with Crippen LogP contribution in [-0.2, 0) is 20.0 Å². The van der Waals surface area contributed by atoms with Crippen LogP contribution in [0.4, 0.5) is 13.2 Å². The molecule has 4 rings (SSSR count). The van der Waals surface area contributed by atoms with Crippen LogP contribution in [0.25, 0.3) is 11.3 Å². The van der Waals surface area contributed by atoms with Crippen LogP contribution >= 0.6 is 0 Å². The lowest BCUT2D eigenvalue weighted by Gasteiger charge is -2.49. The van der Waals surface area contributed by atoms with Gasteiger partial charge in [0.15, 0.2) is 11.2 Å². The number of hydrogen-bond donors (Lipinski definition) is 1. The highest BCUT2D eigenvalue weighted by atomic mass is 32.2. The number of aromatic nitrogens is 1. The summed E-state index contributed by atoms with van der Waals surface area (Å²) in [4.78, 5) is 24.2. The number of carboxylic acid groups (broad SMARTS) is 1. The molecule has 0 radical (unpaired) electrons. The summed E-state index contributed by atoms with van der Waals surface area (Å²) in [5, 5.41) is 9.49. The van der Waals surface area contributed by atoms with Gasteiger partial charge in [-0.3, -0.25) is 4.79 Å². The van der Waals surface area contributed by atoms with Crippen molar-refractivity contribution in [1.29, 1.82) is 0 Å². The van der Waals surface area contributed by atoms with Gasteiger partial charge in [-0.1, -0.05) is 19.9 Å². The number of alkyl halides is 3. The number of nitrogens with zero attached hydrogens (tertiary/aromatic N) is 1. The van der Waals surface area contributed by atoms with Crippen molar-refractivity contribution >= 4 is 16.1 Å². The summed E-state index contributed by atoms with van der Waals surface area (Å²) in [5.41, 5.74) is -9.77. The molecule has 2 unspecified atom stereocenters. The van der Waals surface area contributed by atoms with E-state index in [0.717, 1.165) is 16.8 Å². The van der Waals surface area contributed by atoms with Crippen LogP contribution in [0.2, 0.25) is 0 Å². The highest BCUT2D eigenvalue weighted by molar-refractivity contribution is 7.87. The fourth-order valence-corrected chi connectivity index (χ4v) is 5.85. The Morgan fingerprint density at radius 1 is 1.24 bits per heavy atom. The second-order valence-corrected chi connectivity index (χ2v) is 10.3. The van der Waals surface area contributed by atoms with Crippen LogP contribution in [0.15, 0.2) is 35.3 Å². The molecule has 0 amide bonds. The predicted octanol–water partition coefficient (Wildman–Crippen LogP) is 3.66. The van der Waals surface area contributed by atoms with E-state index >= 15 is 0 Å². The molecule has 1 fully saturated rings. The van der Waals surface area contributed by atoms with E-state index in [0.29, 0.717) is 16.9 Å². The molecular weight excluding hydrogens is 467 g/mol. The molecule has 2 heterocycles. The molecule has 33 heavy (non-hydrogen) atoms. The van der Waals surface area contributed by atoms with Crippen molar-refractivity contribution in [2.75, 3.05) is 7.11 Å². The third-order valence-electron chi connectivity index (χ3n) is 6.57. The Balaban J connectivity index is 2.15. The summed E-state index contributed by atoms with van der Waals surface area (Å²) in [6.45, 7) is 3.10. The predicted molar refractivity (Wildman–Crippen MR) is 109 cm³/mol. The first-order chi connectivity index (χ1) is 15.2. The van der Waals surface area contributed by atoms with Gasteiger partial charge in [-0.2, -0.15) is 21.6 Å². The van der Waals surface area contributed by atoms with Crippen molar-refractivity contribution in [2.24, 2.45) is 5.41 Å². The molecule has 2 atom stereocenters. The average Bonchev–Trinajstić information content (AvgIpc) is 2.97. The van der Waals surface area contributed by atoms with E-state index < -0.39 is 49.6 Å². The lowest BCUT2D eigenvalue weighted by atomic mass is 9.74. The molecule has 1 N–H and O–H groups in total. The van der Waals surface area contributed by atoms with Gasteiger partial charge in [0.2, 0.25) is 0 Å². The summed E-state index contributed by atoms with van der Waals surface area (Å²) in [6.07, 6.45) is 1.40. The van der Waals surface area contributed by atoms with Gasteiger partial charge >= 0.3 is 21.6 Å². The first-order valence-electron chi connectivity index (χ1n) is 9.87. The zero-order chi connectivity index (χ0) is 24.6. The second kappa shape index (κ2) is 7.07. The Morgan fingerprint density at radius 2 is 1.91 bits per heavy atom. The standard InChI is InChI=1S/C21H20F3NO7S/c1-19(2)7-6-15-12-5-4-11(31-3)8-13(12)16-9-17(26)14(18(27)28)10-25(16)20(15,19)32-33(29,30)21(22,23)24/h4-5,8-10,15H,6-7H2,1-3H3,(H,27,28).